The molecule has 1 aromatic carbocycles. The van der Waals surface area contributed by atoms with Gasteiger partial charge in [0.05, 0.1) is 13.2 Å². The van der Waals surface area contributed by atoms with Crippen molar-refractivity contribution in [3.8, 4) is 11.5 Å². The molecular formula is C15H23NO2. The summed E-state index contributed by atoms with van der Waals surface area (Å²) in [4.78, 5) is 0. The van der Waals surface area contributed by atoms with Crippen LogP contribution in [0, 0.1) is 5.92 Å². The fourth-order valence-corrected chi connectivity index (χ4v) is 2.33. The van der Waals surface area contributed by atoms with Crippen LogP contribution < -0.4 is 14.8 Å². The molecule has 1 atom stereocenters. The standard InChI is InChI=1S/C15H23NO2/c1-2-17-14-6-3-7-15(11-14)18-10-8-13-5-4-9-16-12-13/h3,6-7,11,13,16H,2,4-5,8-10,12H2,1H3. The molecule has 1 heterocycles. The van der Waals surface area contributed by atoms with Crippen LogP contribution in [0.5, 0.6) is 11.5 Å². The normalized spacial score (nSPS) is 19.5. The highest BCUT2D eigenvalue weighted by molar-refractivity contribution is 5.32. The van der Waals surface area contributed by atoms with Crippen molar-refractivity contribution in [3.63, 3.8) is 0 Å². The van der Waals surface area contributed by atoms with E-state index in [4.69, 9.17) is 9.47 Å². The Balaban J connectivity index is 1.73. The second-order valence-corrected chi connectivity index (χ2v) is 4.76. The van der Waals surface area contributed by atoms with Crippen LogP contribution in [0.4, 0.5) is 0 Å². The van der Waals surface area contributed by atoms with Gasteiger partial charge in [0.25, 0.3) is 0 Å². The van der Waals surface area contributed by atoms with E-state index in [9.17, 15) is 0 Å². The fourth-order valence-electron chi connectivity index (χ4n) is 2.33. The van der Waals surface area contributed by atoms with Crippen molar-refractivity contribution in [1.29, 1.82) is 0 Å². The van der Waals surface area contributed by atoms with E-state index in [0.29, 0.717) is 6.61 Å². The number of nitrogens with one attached hydrogen (secondary N) is 1. The van der Waals surface area contributed by atoms with Gasteiger partial charge in [-0.05, 0) is 57.3 Å². The lowest BCUT2D eigenvalue weighted by Crippen LogP contribution is -2.30. The summed E-state index contributed by atoms with van der Waals surface area (Å²) in [6.07, 6.45) is 3.76. The topological polar surface area (TPSA) is 30.5 Å². The van der Waals surface area contributed by atoms with Crippen LogP contribution in [0.1, 0.15) is 26.2 Å². The van der Waals surface area contributed by atoms with Crippen molar-refractivity contribution >= 4 is 0 Å². The second kappa shape index (κ2) is 7.27. The molecule has 1 fully saturated rings. The summed E-state index contributed by atoms with van der Waals surface area (Å²) in [6.45, 7) is 5.79. The first-order valence-electron chi connectivity index (χ1n) is 6.95. The van der Waals surface area contributed by atoms with Crippen molar-refractivity contribution in [2.45, 2.75) is 26.2 Å². The first-order chi connectivity index (χ1) is 8.88. The van der Waals surface area contributed by atoms with Crippen molar-refractivity contribution in [3.05, 3.63) is 24.3 Å². The minimum Gasteiger partial charge on any atom is -0.494 e. The molecule has 1 N–H and O–H groups in total. The maximum atomic E-state index is 5.79. The lowest BCUT2D eigenvalue weighted by molar-refractivity contribution is 0.252. The molecule has 0 aromatic heterocycles. The first-order valence-corrected chi connectivity index (χ1v) is 6.95. The summed E-state index contributed by atoms with van der Waals surface area (Å²) in [5.41, 5.74) is 0. The Kier molecular flexibility index (Phi) is 5.34. The molecular weight excluding hydrogens is 226 g/mol. The maximum Gasteiger partial charge on any atom is 0.122 e. The number of ether oxygens (including phenoxy) is 2. The lowest BCUT2D eigenvalue weighted by Gasteiger charge is -2.22. The average Bonchev–Trinajstić information content (AvgIpc) is 2.41. The largest absolute Gasteiger partial charge is 0.494 e. The van der Waals surface area contributed by atoms with Crippen molar-refractivity contribution < 1.29 is 9.47 Å². The van der Waals surface area contributed by atoms with Gasteiger partial charge in [0.1, 0.15) is 11.5 Å². The Morgan fingerprint density at radius 2 is 2.11 bits per heavy atom. The number of piperidine rings is 1. The van der Waals surface area contributed by atoms with E-state index < -0.39 is 0 Å². The molecule has 0 saturated carbocycles. The molecule has 1 unspecified atom stereocenters. The van der Waals surface area contributed by atoms with Crippen molar-refractivity contribution in [2.24, 2.45) is 5.92 Å². The van der Waals surface area contributed by atoms with Crippen LogP contribution in [-0.2, 0) is 0 Å². The summed E-state index contributed by atoms with van der Waals surface area (Å²) in [6, 6.07) is 7.88. The predicted octanol–water partition coefficient (Wildman–Crippen LogP) is 2.85. The zero-order valence-corrected chi connectivity index (χ0v) is 11.2. The molecule has 18 heavy (non-hydrogen) atoms. The Bertz CT molecular complexity index is 348. The molecule has 0 bridgehead atoms. The zero-order chi connectivity index (χ0) is 12.6. The van der Waals surface area contributed by atoms with E-state index >= 15 is 0 Å². The molecule has 1 aliphatic rings. The molecule has 1 aromatic rings. The Morgan fingerprint density at radius 3 is 2.83 bits per heavy atom. The number of hydrogen-bond acceptors (Lipinski definition) is 3. The van der Waals surface area contributed by atoms with Gasteiger partial charge >= 0.3 is 0 Å². The van der Waals surface area contributed by atoms with Crippen LogP contribution in [-0.4, -0.2) is 26.3 Å². The van der Waals surface area contributed by atoms with E-state index in [2.05, 4.69) is 5.32 Å². The molecule has 1 saturated heterocycles. The summed E-state index contributed by atoms with van der Waals surface area (Å²) in [5.74, 6) is 2.56. The van der Waals surface area contributed by atoms with Crippen molar-refractivity contribution in [1.82, 2.24) is 5.32 Å². The average molecular weight is 249 g/mol. The number of rotatable bonds is 6. The molecule has 0 spiro atoms. The lowest BCUT2D eigenvalue weighted by atomic mass is 9.97. The number of benzene rings is 1. The highest BCUT2D eigenvalue weighted by atomic mass is 16.5. The monoisotopic (exact) mass is 249 g/mol. The van der Waals surface area contributed by atoms with Crippen LogP contribution in [0.2, 0.25) is 0 Å². The first kappa shape index (κ1) is 13.2. The second-order valence-electron chi connectivity index (χ2n) is 4.76. The summed E-state index contributed by atoms with van der Waals surface area (Å²) >= 11 is 0. The molecule has 2 rings (SSSR count). The molecule has 0 aliphatic carbocycles. The SMILES string of the molecule is CCOc1cccc(OCCC2CCCNC2)c1. The Morgan fingerprint density at radius 1 is 1.28 bits per heavy atom. The Hall–Kier alpha value is -1.22. The smallest absolute Gasteiger partial charge is 0.122 e. The number of hydrogen-bond donors (Lipinski definition) is 1. The summed E-state index contributed by atoms with van der Waals surface area (Å²) in [5, 5.41) is 3.43. The molecule has 0 amide bonds. The van der Waals surface area contributed by atoms with Crippen LogP contribution in [0.15, 0.2) is 24.3 Å². The van der Waals surface area contributed by atoms with E-state index in [0.717, 1.165) is 37.0 Å². The minimum atomic E-state index is 0.692. The van der Waals surface area contributed by atoms with Gasteiger partial charge in [-0.1, -0.05) is 6.07 Å². The Labute approximate surface area is 109 Å². The van der Waals surface area contributed by atoms with Gasteiger partial charge in [-0.25, -0.2) is 0 Å². The van der Waals surface area contributed by atoms with Crippen LogP contribution in [0.3, 0.4) is 0 Å². The highest BCUT2D eigenvalue weighted by Crippen LogP contribution is 2.20. The molecule has 3 nitrogen and oxygen atoms in total. The fraction of sp³-hybridized carbons (Fsp3) is 0.600. The molecule has 3 heteroatoms. The third kappa shape index (κ3) is 4.22. The van der Waals surface area contributed by atoms with Gasteiger partial charge < -0.3 is 14.8 Å². The van der Waals surface area contributed by atoms with Gasteiger partial charge in [0.2, 0.25) is 0 Å². The molecule has 0 radical (unpaired) electrons. The summed E-state index contributed by atoms with van der Waals surface area (Å²) < 4.78 is 11.2. The van der Waals surface area contributed by atoms with Gasteiger partial charge in [0.15, 0.2) is 0 Å². The van der Waals surface area contributed by atoms with E-state index in [-0.39, 0.29) is 0 Å². The van der Waals surface area contributed by atoms with Crippen LogP contribution in [0.25, 0.3) is 0 Å². The zero-order valence-electron chi connectivity index (χ0n) is 11.2. The predicted molar refractivity (Wildman–Crippen MR) is 73.3 cm³/mol. The molecule has 100 valence electrons. The van der Waals surface area contributed by atoms with E-state index in [1.165, 1.54) is 19.4 Å². The third-order valence-electron chi connectivity index (χ3n) is 3.31. The van der Waals surface area contributed by atoms with E-state index in [1.54, 1.807) is 0 Å². The summed E-state index contributed by atoms with van der Waals surface area (Å²) in [7, 11) is 0. The van der Waals surface area contributed by atoms with Crippen molar-refractivity contribution in [2.75, 3.05) is 26.3 Å². The van der Waals surface area contributed by atoms with Gasteiger partial charge in [-0.15, -0.1) is 0 Å². The molecule has 1 aliphatic heterocycles. The highest BCUT2D eigenvalue weighted by Gasteiger charge is 2.12. The van der Waals surface area contributed by atoms with Gasteiger partial charge in [0, 0.05) is 6.07 Å². The quantitative estimate of drug-likeness (QED) is 0.841. The van der Waals surface area contributed by atoms with Crippen LogP contribution >= 0.6 is 0 Å². The van der Waals surface area contributed by atoms with E-state index in [1.807, 2.05) is 31.2 Å². The minimum absolute atomic E-state index is 0.692. The maximum absolute atomic E-state index is 5.79. The van der Waals surface area contributed by atoms with Gasteiger partial charge in [-0.3, -0.25) is 0 Å². The van der Waals surface area contributed by atoms with Gasteiger partial charge in [-0.2, -0.15) is 0 Å². The third-order valence-corrected chi connectivity index (χ3v) is 3.31.